The van der Waals surface area contributed by atoms with Crippen molar-refractivity contribution in [2.75, 3.05) is 39.5 Å². The predicted molar refractivity (Wildman–Crippen MR) is 98.4 cm³/mol. The topological polar surface area (TPSA) is 123 Å². The molecule has 28 heavy (non-hydrogen) atoms. The lowest BCUT2D eigenvalue weighted by Crippen LogP contribution is -2.49. The van der Waals surface area contributed by atoms with Crippen molar-refractivity contribution in [3.63, 3.8) is 0 Å². The highest BCUT2D eigenvalue weighted by molar-refractivity contribution is 5.95. The number of nitro groups is 1. The van der Waals surface area contributed by atoms with Crippen LogP contribution in [0.1, 0.15) is 18.5 Å². The van der Waals surface area contributed by atoms with Gasteiger partial charge in [0.25, 0.3) is 5.69 Å². The van der Waals surface area contributed by atoms with Crippen LogP contribution >= 0.6 is 0 Å². The van der Waals surface area contributed by atoms with Gasteiger partial charge in [-0.25, -0.2) is 9.59 Å². The van der Waals surface area contributed by atoms with Crippen molar-refractivity contribution in [3.8, 4) is 0 Å². The van der Waals surface area contributed by atoms with Gasteiger partial charge in [0.2, 0.25) is 0 Å². The largest absolute Gasteiger partial charge is 0.463 e. The van der Waals surface area contributed by atoms with Crippen LogP contribution < -0.4 is 10.6 Å². The molecular formula is C18H22N4O6. The number of hydrogen-bond donors (Lipinski definition) is 2. The van der Waals surface area contributed by atoms with Gasteiger partial charge in [-0.2, -0.15) is 0 Å². The molecule has 2 aliphatic heterocycles. The number of morpholine rings is 1. The van der Waals surface area contributed by atoms with E-state index in [1.807, 2.05) is 0 Å². The van der Waals surface area contributed by atoms with Crippen molar-refractivity contribution in [1.29, 1.82) is 0 Å². The average Bonchev–Trinajstić information content (AvgIpc) is 2.68. The normalized spacial score (nSPS) is 20.3. The Labute approximate surface area is 161 Å². The van der Waals surface area contributed by atoms with Crippen LogP contribution in [0, 0.1) is 10.1 Å². The molecule has 0 aromatic heterocycles. The molecule has 2 heterocycles. The van der Waals surface area contributed by atoms with Gasteiger partial charge in [-0.1, -0.05) is 12.1 Å². The zero-order valence-electron chi connectivity index (χ0n) is 15.5. The van der Waals surface area contributed by atoms with Crippen LogP contribution in [0.4, 0.5) is 10.5 Å². The lowest BCUT2D eigenvalue weighted by molar-refractivity contribution is -0.384. The molecule has 2 amide bonds. The molecule has 0 unspecified atom stereocenters. The minimum absolute atomic E-state index is 0.122. The number of non-ortho nitro benzene ring substituents is 1. The Morgan fingerprint density at radius 3 is 2.82 bits per heavy atom. The molecule has 150 valence electrons. The van der Waals surface area contributed by atoms with E-state index in [9.17, 15) is 19.7 Å². The molecule has 2 N–H and O–H groups in total. The molecular weight excluding hydrogens is 368 g/mol. The zero-order chi connectivity index (χ0) is 20.1. The number of nitrogens with one attached hydrogen (secondary N) is 2. The van der Waals surface area contributed by atoms with E-state index in [2.05, 4.69) is 15.5 Å². The van der Waals surface area contributed by atoms with Gasteiger partial charge in [-0.3, -0.25) is 15.0 Å². The molecule has 0 bridgehead atoms. The quantitative estimate of drug-likeness (QED) is 0.423. The Morgan fingerprint density at radius 2 is 2.14 bits per heavy atom. The molecule has 1 atom stereocenters. The minimum atomic E-state index is -0.844. The van der Waals surface area contributed by atoms with Gasteiger partial charge in [-0.05, 0) is 12.5 Å². The Morgan fingerprint density at radius 1 is 1.39 bits per heavy atom. The Balaban J connectivity index is 2.01. The molecule has 0 saturated carbocycles. The third-order valence-corrected chi connectivity index (χ3v) is 4.55. The molecule has 1 saturated heterocycles. The van der Waals surface area contributed by atoms with Crippen LogP contribution in [0.2, 0.25) is 0 Å². The van der Waals surface area contributed by atoms with Gasteiger partial charge < -0.3 is 20.1 Å². The number of urea groups is 1. The standard InChI is InChI=1S/C18H22N4O6/c1-2-28-17(23)15-14(11-21-6-8-27-9-7-21)19-18(24)20-16(15)12-4-3-5-13(10-12)22(25)26/h3-5,10,16H,2,6-9,11H2,1H3,(H2,19,20,24)/t16-/m1/s1. The summed E-state index contributed by atoms with van der Waals surface area (Å²) in [6.45, 7) is 4.69. The lowest BCUT2D eigenvalue weighted by atomic mass is 9.94. The highest BCUT2D eigenvalue weighted by Crippen LogP contribution is 2.30. The molecule has 1 aromatic rings. The first kappa shape index (κ1) is 19.8. The summed E-state index contributed by atoms with van der Waals surface area (Å²) >= 11 is 0. The number of nitrogens with zero attached hydrogens (tertiary/aromatic N) is 2. The Kier molecular flexibility index (Phi) is 6.22. The van der Waals surface area contributed by atoms with Crippen molar-refractivity contribution in [2.24, 2.45) is 0 Å². The number of carbonyl (C=O) groups is 2. The molecule has 0 spiro atoms. The van der Waals surface area contributed by atoms with Crippen LogP contribution in [0.15, 0.2) is 35.5 Å². The van der Waals surface area contributed by atoms with E-state index in [1.54, 1.807) is 13.0 Å². The van der Waals surface area contributed by atoms with E-state index in [4.69, 9.17) is 9.47 Å². The van der Waals surface area contributed by atoms with E-state index < -0.39 is 23.0 Å². The third-order valence-electron chi connectivity index (χ3n) is 4.55. The van der Waals surface area contributed by atoms with E-state index in [-0.39, 0.29) is 17.9 Å². The molecule has 0 radical (unpaired) electrons. The van der Waals surface area contributed by atoms with Gasteiger partial charge in [0.05, 0.1) is 36.4 Å². The van der Waals surface area contributed by atoms with Crippen molar-refractivity contribution < 1.29 is 24.0 Å². The summed E-state index contributed by atoms with van der Waals surface area (Å²) < 4.78 is 10.5. The minimum Gasteiger partial charge on any atom is -0.463 e. The monoisotopic (exact) mass is 390 g/mol. The highest BCUT2D eigenvalue weighted by atomic mass is 16.6. The number of rotatable bonds is 6. The fourth-order valence-electron chi connectivity index (χ4n) is 3.24. The second-order valence-electron chi connectivity index (χ2n) is 6.38. The van der Waals surface area contributed by atoms with Crippen LogP contribution in [0.5, 0.6) is 0 Å². The first-order chi connectivity index (χ1) is 13.5. The fraction of sp³-hybridized carbons (Fsp3) is 0.444. The molecule has 0 aliphatic carbocycles. The highest BCUT2D eigenvalue weighted by Gasteiger charge is 2.35. The Hall–Kier alpha value is -2.98. The summed E-state index contributed by atoms with van der Waals surface area (Å²) in [6.07, 6.45) is 0. The molecule has 1 aromatic carbocycles. The summed E-state index contributed by atoms with van der Waals surface area (Å²) in [6, 6.07) is 4.54. The average molecular weight is 390 g/mol. The molecule has 10 nitrogen and oxygen atoms in total. The van der Waals surface area contributed by atoms with Gasteiger partial charge in [0.15, 0.2) is 0 Å². The van der Waals surface area contributed by atoms with E-state index in [0.29, 0.717) is 44.1 Å². The number of esters is 1. The summed E-state index contributed by atoms with van der Waals surface area (Å²) in [7, 11) is 0. The van der Waals surface area contributed by atoms with Crippen molar-refractivity contribution in [3.05, 3.63) is 51.2 Å². The second kappa shape index (κ2) is 8.81. The number of benzene rings is 1. The van der Waals surface area contributed by atoms with E-state index >= 15 is 0 Å². The molecule has 1 fully saturated rings. The van der Waals surface area contributed by atoms with Crippen LogP contribution in [0.3, 0.4) is 0 Å². The first-order valence-electron chi connectivity index (χ1n) is 9.01. The third kappa shape index (κ3) is 4.46. The van der Waals surface area contributed by atoms with Crippen LogP contribution in [-0.4, -0.2) is 61.3 Å². The predicted octanol–water partition coefficient (Wildman–Crippen LogP) is 1.10. The number of ether oxygens (including phenoxy) is 2. The fourth-order valence-corrected chi connectivity index (χ4v) is 3.24. The summed E-state index contributed by atoms with van der Waals surface area (Å²) in [5, 5.41) is 16.5. The first-order valence-corrected chi connectivity index (χ1v) is 9.01. The number of nitro benzene ring substituents is 1. The van der Waals surface area contributed by atoms with Crippen LogP contribution in [0.25, 0.3) is 0 Å². The summed E-state index contributed by atoms with van der Waals surface area (Å²) in [5.74, 6) is -0.574. The number of hydrogen-bond acceptors (Lipinski definition) is 7. The zero-order valence-corrected chi connectivity index (χ0v) is 15.5. The maximum absolute atomic E-state index is 12.7. The number of amides is 2. The SMILES string of the molecule is CCOC(=O)C1=C(CN2CCOCC2)NC(=O)N[C@@H]1c1cccc([N+](=O)[O-])c1. The van der Waals surface area contributed by atoms with Crippen molar-refractivity contribution >= 4 is 17.7 Å². The number of carbonyl (C=O) groups excluding carboxylic acids is 2. The molecule has 10 heteroatoms. The van der Waals surface area contributed by atoms with Crippen LogP contribution in [-0.2, 0) is 14.3 Å². The van der Waals surface area contributed by atoms with Gasteiger partial charge >= 0.3 is 12.0 Å². The smallest absolute Gasteiger partial charge is 0.338 e. The second-order valence-corrected chi connectivity index (χ2v) is 6.38. The summed E-state index contributed by atoms with van der Waals surface area (Å²) in [5.41, 5.74) is 0.990. The maximum atomic E-state index is 12.7. The van der Waals surface area contributed by atoms with Crippen molar-refractivity contribution in [1.82, 2.24) is 15.5 Å². The van der Waals surface area contributed by atoms with Gasteiger partial charge in [0.1, 0.15) is 0 Å². The van der Waals surface area contributed by atoms with Gasteiger partial charge in [0, 0.05) is 37.5 Å². The summed E-state index contributed by atoms with van der Waals surface area (Å²) in [4.78, 5) is 37.6. The van der Waals surface area contributed by atoms with E-state index in [0.717, 1.165) is 0 Å². The maximum Gasteiger partial charge on any atom is 0.338 e. The van der Waals surface area contributed by atoms with Gasteiger partial charge in [-0.15, -0.1) is 0 Å². The lowest BCUT2D eigenvalue weighted by Gasteiger charge is -2.33. The van der Waals surface area contributed by atoms with E-state index in [1.165, 1.54) is 18.2 Å². The molecule has 3 rings (SSSR count). The Bertz CT molecular complexity index is 803. The molecule has 2 aliphatic rings. The van der Waals surface area contributed by atoms with Crippen molar-refractivity contribution in [2.45, 2.75) is 13.0 Å².